The van der Waals surface area contributed by atoms with Gasteiger partial charge in [0, 0.05) is 29.2 Å². The number of rotatable bonds is 6. The quantitative estimate of drug-likeness (QED) is 0.272. The van der Waals surface area contributed by atoms with E-state index in [2.05, 4.69) is 15.6 Å². The van der Waals surface area contributed by atoms with Crippen molar-refractivity contribution in [3.63, 3.8) is 0 Å². The maximum atomic E-state index is 14.0. The van der Waals surface area contributed by atoms with Gasteiger partial charge in [-0.3, -0.25) is 9.36 Å². The Labute approximate surface area is 244 Å². The predicted molar refractivity (Wildman–Crippen MR) is 159 cm³/mol. The van der Waals surface area contributed by atoms with Crippen LogP contribution in [-0.4, -0.2) is 21.7 Å². The van der Waals surface area contributed by atoms with E-state index in [0.717, 1.165) is 22.0 Å². The maximum Gasteiger partial charge on any atom is 0.338 e. The molecule has 0 unspecified atom stereocenters. The number of fused-ring (bicyclic) bond motifs is 2. The van der Waals surface area contributed by atoms with Crippen molar-refractivity contribution in [2.75, 3.05) is 6.61 Å². The minimum atomic E-state index is -0.805. The van der Waals surface area contributed by atoms with E-state index in [0.29, 0.717) is 32.7 Å². The van der Waals surface area contributed by atoms with Crippen LogP contribution in [0.4, 0.5) is 4.39 Å². The molecule has 0 N–H and O–H groups in total. The second-order valence-electron chi connectivity index (χ2n) is 9.89. The number of ether oxygens (including phenoxy) is 1. The lowest BCUT2D eigenvalue weighted by atomic mass is 9.96. The van der Waals surface area contributed by atoms with E-state index in [1.54, 1.807) is 38.1 Å². The van der Waals surface area contributed by atoms with Crippen molar-refractivity contribution in [2.45, 2.75) is 26.4 Å². The average Bonchev–Trinajstić information content (AvgIpc) is 3.49. The lowest BCUT2D eigenvalue weighted by Gasteiger charge is -2.24. The molecule has 6 rings (SSSR count). The molecule has 1 atom stereocenters. The van der Waals surface area contributed by atoms with Crippen LogP contribution in [0.3, 0.4) is 0 Å². The molecule has 0 radical (unpaired) electrons. The van der Waals surface area contributed by atoms with Gasteiger partial charge in [0.1, 0.15) is 5.82 Å². The summed E-state index contributed by atoms with van der Waals surface area (Å²) in [5.74, 6) is -0.977. The highest BCUT2D eigenvalue weighted by Crippen LogP contribution is 2.31. The van der Waals surface area contributed by atoms with Crippen LogP contribution in [0.25, 0.3) is 17.0 Å². The monoisotopic (exact) mass is 576 g/mol. The first-order valence-electron chi connectivity index (χ1n) is 13.4. The predicted octanol–water partition coefficient (Wildman–Crippen LogP) is 4.81. The maximum absolute atomic E-state index is 14.0. The van der Waals surface area contributed by atoms with Gasteiger partial charge in [0.15, 0.2) is 4.80 Å². The lowest BCUT2D eigenvalue weighted by Crippen LogP contribution is -2.39. The van der Waals surface area contributed by atoms with Crippen molar-refractivity contribution in [1.29, 1.82) is 5.26 Å². The van der Waals surface area contributed by atoms with Crippen molar-refractivity contribution in [3.8, 4) is 6.07 Å². The zero-order valence-electron chi connectivity index (χ0n) is 22.9. The van der Waals surface area contributed by atoms with Gasteiger partial charge in [0.05, 0.1) is 40.1 Å². The number of allylic oxidation sites excluding steroid dienone is 1. The average molecular weight is 577 g/mol. The van der Waals surface area contributed by atoms with Gasteiger partial charge in [-0.2, -0.15) is 5.26 Å². The molecule has 0 saturated heterocycles. The molecule has 7 nitrogen and oxygen atoms in total. The van der Waals surface area contributed by atoms with E-state index < -0.39 is 17.8 Å². The highest BCUT2D eigenvalue weighted by Gasteiger charge is 2.33. The van der Waals surface area contributed by atoms with Gasteiger partial charge in [-0.15, -0.1) is 0 Å². The summed E-state index contributed by atoms with van der Waals surface area (Å²) in [5.41, 5.74) is 4.51. The Morgan fingerprint density at radius 1 is 1.12 bits per heavy atom. The second-order valence-corrected chi connectivity index (χ2v) is 10.9. The largest absolute Gasteiger partial charge is 0.463 e. The third kappa shape index (κ3) is 4.86. The molecule has 1 aliphatic rings. The van der Waals surface area contributed by atoms with Crippen LogP contribution >= 0.6 is 11.3 Å². The number of thiazole rings is 1. The molecule has 0 spiro atoms. The lowest BCUT2D eigenvalue weighted by molar-refractivity contribution is -0.139. The van der Waals surface area contributed by atoms with Crippen molar-refractivity contribution in [1.82, 2.24) is 9.13 Å². The van der Waals surface area contributed by atoms with E-state index >= 15 is 0 Å². The molecule has 1 aliphatic heterocycles. The first kappa shape index (κ1) is 27.1. The standard InChI is InChI=1S/C33H25FN4O3S/c1-3-41-32(40)29-20(2)36-33-38(30(29)23-12-14-25(34)15-13-23)31(39)28(42-33)16-24-19-37(27-7-5-4-6-26(24)27)18-22-10-8-21(17-35)9-11-22/h4-16,19,30H,3,18H2,1-2H3/b28-16-/t30-/m0/s1. The molecule has 0 fully saturated rings. The Kier molecular flexibility index (Phi) is 7.15. The van der Waals surface area contributed by atoms with Gasteiger partial charge in [-0.25, -0.2) is 14.2 Å². The Bertz CT molecular complexity index is 2100. The van der Waals surface area contributed by atoms with Crippen LogP contribution in [-0.2, 0) is 16.1 Å². The Hall–Kier alpha value is -5.07. The van der Waals surface area contributed by atoms with Crippen LogP contribution in [0, 0.1) is 17.1 Å². The first-order chi connectivity index (χ1) is 20.4. The summed E-state index contributed by atoms with van der Waals surface area (Å²) in [7, 11) is 0. The van der Waals surface area contributed by atoms with Crippen LogP contribution in [0.1, 0.15) is 42.1 Å². The Balaban J connectivity index is 1.49. The number of para-hydroxylation sites is 1. The molecule has 0 aliphatic carbocycles. The summed E-state index contributed by atoms with van der Waals surface area (Å²) in [6.07, 6.45) is 3.86. The number of carbonyl (C=O) groups is 1. The number of nitriles is 1. The molecule has 2 aromatic heterocycles. The van der Waals surface area contributed by atoms with Crippen LogP contribution in [0.15, 0.2) is 100 Å². The minimum absolute atomic E-state index is 0.169. The number of carbonyl (C=O) groups excluding carboxylic acids is 1. The number of nitrogens with zero attached hydrogens (tertiary/aromatic N) is 4. The SMILES string of the molecule is CCOC(=O)C1=C(C)N=c2s/c(=C\c3cn(Cc4ccc(C#N)cc4)c4ccccc34)c(=O)n2[C@H]1c1ccc(F)cc1. The van der Waals surface area contributed by atoms with E-state index in [4.69, 9.17) is 10.00 Å². The number of benzene rings is 3. The zero-order valence-corrected chi connectivity index (χ0v) is 23.7. The molecule has 208 valence electrons. The summed E-state index contributed by atoms with van der Waals surface area (Å²) >= 11 is 1.24. The number of halogens is 1. The van der Waals surface area contributed by atoms with Crippen LogP contribution < -0.4 is 14.9 Å². The van der Waals surface area contributed by atoms with Gasteiger partial charge >= 0.3 is 5.97 Å². The van der Waals surface area contributed by atoms with Crippen molar-refractivity contribution in [3.05, 3.63) is 138 Å². The minimum Gasteiger partial charge on any atom is -0.463 e. The third-order valence-electron chi connectivity index (χ3n) is 7.24. The topological polar surface area (TPSA) is 89.4 Å². The van der Waals surface area contributed by atoms with Crippen LogP contribution in [0.2, 0.25) is 0 Å². The van der Waals surface area contributed by atoms with Crippen LogP contribution in [0.5, 0.6) is 0 Å². The molecular formula is C33H25FN4O3S. The number of aromatic nitrogens is 2. The van der Waals surface area contributed by atoms with Crippen molar-refractivity contribution < 1.29 is 13.9 Å². The van der Waals surface area contributed by atoms with E-state index in [9.17, 15) is 14.0 Å². The summed E-state index contributed by atoms with van der Waals surface area (Å²) in [6.45, 7) is 4.20. The van der Waals surface area contributed by atoms with E-state index in [1.807, 2.05) is 48.7 Å². The second kappa shape index (κ2) is 11.1. The zero-order chi connectivity index (χ0) is 29.4. The fourth-order valence-electron chi connectivity index (χ4n) is 5.30. The summed E-state index contributed by atoms with van der Waals surface area (Å²) in [5, 5.41) is 10.1. The van der Waals surface area contributed by atoms with Crippen molar-refractivity contribution in [2.24, 2.45) is 4.99 Å². The molecule has 3 aromatic carbocycles. The fraction of sp³-hybridized carbons (Fsp3) is 0.152. The summed E-state index contributed by atoms with van der Waals surface area (Å²) < 4.78 is 23.2. The molecule has 5 aromatic rings. The Morgan fingerprint density at radius 2 is 1.86 bits per heavy atom. The molecule has 0 bridgehead atoms. The number of hydrogen-bond donors (Lipinski definition) is 0. The highest BCUT2D eigenvalue weighted by molar-refractivity contribution is 7.07. The summed E-state index contributed by atoms with van der Waals surface area (Å²) in [6, 6.07) is 22.5. The van der Waals surface area contributed by atoms with E-state index in [1.165, 1.54) is 28.0 Å². The van der Waals surface area contributed by atoms with Gasteiger partial charge in [-0.1, -0.05) is 53.8 Å². The Morgan fingerprint density at radius 3 is 2.57 bits per heavy atom. The van der Waals surface area contributed by atoms with Gasteiger partial charge < -0.3 is 9.30 Å². The van der Waals surface area contributed by atoms with E-state index in [-0.39, 0.29) is 17.7 Å². The number of esters is 1. The summed E-state index contributed by atoms with van der Waals surface area (Å²) in [4.78, 5) is 32.1. The molecule has 0 saturated carbocycles. The fourth-order valence-corrected chi connectivity index (χ4v) is 6.33. The molecule has 0 amide bonds. The van der Waals surface area contributed by atoms with Gasteiger partial charge in [0.25, 0.3) is 5.56 Å². The normalized spacial score (nSPS) is 14.9. The molecular weight excluding hydrogens is 551 g/mol. The van der Waals surface area contributed by atoms with Gasteiger partial charge in [0.2, 0.25) is 0 Å². The smallest absolute Gasteiger partial charge is 0.338 e. The first-order valence-corrected chi connectivity index (χ1v) is 14.2. The van der Waals surface area contributed by atoms with Crippen molar-refractivity contribution >= 4 is 34.3 Å². The third-order valence-corrected chi connectivity index (χ3v) is 8.23. The highest BCUT2D eigenvalue weighted by atomic mass is 32.1. The number of hydrogen-bond acceptors (Lipinski definition) is 6. The molecule has 3 heterocycles. The molecule has 9 heteroatoms. The van der Waals surface area contributed by atoms with Gasteiger partial charge in [-0.05, 0) is 61.4 Å². The molecule has 42 heavy (non-hydrogen) atoms.